The minimum atomic E-state index is -0.489. The van der Waals surface area contributed by atoms with E-state index in [2.05, 4.69) is 0 Å². The normalized spacial score (nSPS) is 22.2. The Kier molecular flexibility index (Phi) is 4.94. The lowest BCUT2D eigenvalue weighted by Crippen LogP contribution is -2.33. The molecule has 0 aromatic heterocycles. The molecule has 2 heterocycles. The quantitative estimate of drug-likeness (QED) is 0.745. The fraction of sp³-hybridized carbons (Fsp3) is 0.364. The third-order valence-corrected chi connectivity index (χ3v) is 5.36. The summed E-state index contributed by atoms with van der Waals surface area (Å²) >= 11 is 0. The predicted molar refractivity (Wildman–Crippen MR) is 102 cm³/mol. The van der Waals surface area contributed by atoms with E-state index in [1.54, 1.807) is 18.9 Å². The van der Waals surface area contributed by atoms with E-state index >= 15 is 0 Å². The van der Waals surface area contributed by atoms with Gasteiger partial charge in [0.2, 0.25) is 5.91 Å². The van der Waals surface area contributed by atoms with Crippen LogP contribution in [0.15, 0.2) is 48.5 Å². The molecule has 0 aliphatic carbocycles. The molecule has 0 saturated carbocycles. The number of ether oxygens (including phenoxy) is 3. The van der Waals surface area contributed by atoms with Crippen LogP contribution >= 0.6 is 0 Å². The number of rotatable bonds is 5. The van der Waals surface area contributed by atoms with Crippen LogP contribution in [0, 0.1) is 5.92 Å². The number of hydrogen-bond acceptors (Lipinski definition) is 5. The number of likely N-dealkylation sites (tertiary alicyclic amines) is 1. The van der Waals surface area contributed by atoms with Crippen LogP contribution in [-0.2, 0) is 20.7 Å². The highest BCUT2D eigenvalue weighted by atomic mass is 16.5. The van der Waals surface area contributed by atoms with Crippen LogP contribution in [0.5, 0.6) is 11.5 Å². The molecule has 2 aromatic carbocycles. The number of amides is 1. The molecule has 4 rings (SSSR count). The molecule has 28 heavy (non-hydrogen) atoms. The maximum absolute atomic E-state index is 13.1. The molecule has 2 aromatic rings. The highest BCUT2D eigenvalue weighted by molar-refractivity contribution is 5.83. The van der Waals surface area contributed by atoms with Crippen LogP contribution in [-0.4, -0.2) is 43.1 Å². The monoisotopic (exact) mass is 381 g/mol. The molecule has 6 nitrogen and oxygen atoms in total. The molecule has 1 saturated heterocycles. The molecule has 0 bridgehead atoms. The van der Waals surface area contributed by atoms with E-state index in [0.717, 1.165) is 22.6 Å². The molecule has 1 fully saturated rings. The van der Waals surface area contributed by atoms with E-state index < -0.39 is 12.0 Å². The van der Waals surface area contributed by atoms with Gasteiger partial charge in [-0.05, 0) is 30.7 Å². The van der Waals surface area contributed by atoms with Crippen molar-refractivity contribution in [1.82, 2.24) is 4.90 Å². The second-order valence-corrected chi connectivity index (χ2v) is 6.99. The van der Waals surface area contributed by atoms with E-state index in [1.165, 1.54) is 0 Å². The topological polar surface area (TPSA) is 65.1 Å². The summed E-state index contributed by atoms with van der Waals surface area (Å²) in [5.74, 6) is 0.640. The summed E-state index contributed by atoms with van der Waals surface area (Å²) < 4.78 is 16.5. The van der Waals surface area contributed by atoms with Crippen LogP contribution in [0.1, 0.15) is 24.1 Å². The van der Waals surface area contributed by atoms with Gasteiger partial charge >= 0.3 is 5.97 Å². The van der Waals surface area contributed by atoms with Gasteiger partial charge in [0.05, 0.1) is 26.2 Å². The van der Waals surface area contributed by atoms with Gasteiger partial charge in [0.15, 0.2) is 0 Å². The van der Waals surface area contributed by atoms with Gasteiger partial charge in [0.1, 0.15) is 23.5 Å². The Hall–Kier alpha value is -3.02. The van der Waals surface area contributed by atoms with Gasteiger partial charge in [0.25, 0.3) is 0 Å². The van der Waals surface area contributed by atoms with Crippen LogP contribution in [0.2, 0.25) is 0 Å². The standard InChI is InChI=1S/C22H23NO5/c1-3-27-22(25)17-13-23(19(24)12-14-8-10-15(26-2)11-9-14)20-16-6-4-5-7-18(16)28-21(17)20/h4-11,17,20-21H,3,12-13H2,1-2H3/t17-,20+,21+/m1/s1. The highest BCUT2D eigenvalue weighted by Gasteiger charge is 2.53. The summed E-state index contributed by atoms with van der Waals surface area (Å²) in [5.41, 5.74) is 1.84. The second-order valence-electron chi connectivity index (χ2n) is 6.99. The number of fused-ring (bicyclic) bond motifs is 3. The average Bonchev–Trinajstić information content (AvgIpc) is 3.26. The van der Waals surface area contributed by atoms with Crippen molar-refractivity contribution in [2.75, 3.05) is 20.3 Å². The number of nitrogens with zero attached hydrogens (tertiary/aromatic N) is 1. The number of para-hydroxylation sites is 1. The first-order chi connectivity index (χ1) is 13.6. The molecule has 0 spiro atoms. The number of carbonyl (C=O) groups is 2. The fourth-order valence-corrected chi connectivity index (χ4v) is 4.03. The Morgan fingerprint density at radius 2 is 1.89 bits per heavy atom. The van der Waals surface area contributed by atoms with E-state index in [1.807, 2.05) is 48.5 Å². The Morgan fingerprint density at radius 1 is 1.14 bits per heavy atom. The smallest absolute Gasteiger partial charge is 0.314 e. The maximum atomic E-state index is 13.1. The minimum Gasteiger partial charge on any atom is -0.497 e. The zero-order valence-corrected chi connectivity index (χ0v) is 16.0. The third kappa shape index (κ3) is 3.19. The summed E-state index contributed by atoms with van der Waals surface area (Å²) in [6, 6.07) is 14.8. The van der Waals surface area contributed by atoms with Gasteiger partial charge in [-0.3, -0.25) is 9.59 Å². The zero-order valence-electron chi connectivity index (χ0n) is 16.0. The van der Waals surface area contributed by atoms with Gasteiger partial charge in [-0.15, -0.1) is 0 Å². The van der Waals surface area contributed by atoms with Crippen LogP contribution < -0.4 is 9.47 Å². The van der Waals surface area contributed by atoms with E-state index in [0.29, 0.717) is 13.2 Å². The Bertz CT molecular complexity index is 879. The fourth-order valence-electron chi connectivity index (χ4n) is 4.03. The van der Waals surface area contributed by atoms with Crippen molar-refractivity contribution >= 4 is 11.9 Å². The number of esters is 1. The Labute approximate surface area is 164 Å². The largest absolute Gasteiger partial charge is 0.497 e. The van der Waals surface area contributed by atoms with Gasteiger partial charge in [-0.25, -0.2) is 0 Å². The average molecular weight is 381 g/mol. The first kappa shape index (κ1) is 18.3. The summed E-state index contributed by atoms with van der Waals surface area (Å²) in [6.07, 6.45) is -0.151. The molecule has 2 aliphatic rings. The zero-order chi connectivity index (χ0) is 19.7. The SMILES string of the molecule is CCOC(=O)[C@@H]1CN(C(=O)Cc2ccc(OC)cc2)[C@H]2c3ccccc3O[C@@H]12. The number of methoxy groups -OCH3 is 1. The van der Waals surface area contributed by atoms with Gasteiger partial charge in [0, 0.05) is 12.1 Å². The first-order valence-electron chi connectivity index (χ1n) is 9.47. The molecule has 0 radical (unpaired) electrons. The van der Waals surface area contributed by atoms with Crippen molar-refractivity contribution < 1.29 is 23.8 Å². The summed E-state index contributed by atoms with van der Waals surface area (Å²) in [7, 11) is 1.61. The lowest BCUT2D eigenvalue weighted by molar-refractivity contribution is -0.149. The number of hydrogen-bond donors (Lipinski definition) is 0. The third-order valence-electron chi connectivity index (χ3n) is 5.36. The van der Waals surface area contributed by atoms with Crippen LogP contribution in [0.4, 0.5) is 0 Å². The molecule has 0 unspecified atom stereocenters. The highest BCUT2D eigenvalue weighted by Crippen LogP contribution is 2.47. The van der Waals surface area contributed by atoms with Gasteiger partial charge < -0.3 is 19.1 Å². The number of benzene rings is 2. The molecule has 2 aliphatic heterocycles. The van der Waals surface area contributed by atoms with Crippen LogP contribution in [0.25, 0.3) is 0 Å². The van der Waals surface area contributed by atoms with Crippen LogP contribution in [0.3, 0.4) is 0 Å². The Balaban J connectivity index is 1.59. The molecule has 6 heteroatoms. The van der Waals surface area contributed by atoms with Crippen molar-refractivity contribution in [3.05, 3.63) is 59.7 Å². The van der Waals surface area contributed by atoms with E-state index in [9.17, 15) is 9.59 Å². The molecular weight excluding hydrogens is 358 g/mol. The van der Waals surface area contributed by atoms with Gasteiger partial charge in [-0.2, -0.15) is 0 Å². The molecule has 3 atom stereocenters. The van der Waals surface area contributed by atoms with Crippen molar-refractivity contribution in [2.45, 2.75) is 25.5 Å². The van der Waals surface area contributed by atoms with E-state index in [4.69, 9.17) is 14.2 Å². The molecule has 1 amide bonds. The lowest BCUT2D eigenvalue weighted by atomic mass is 9.98. The van der Waals surface area contributed by atoms with Crippen molar-refractivity contribution in [2.24, 2.45) is 5.92 Å². The van der Waals surface area contributed by atoms with Crippen molar-refractivity contribution in [1.29, 1.82) is 0 Å². The van der Waals surface area contributed by atoms with Gasteiger partial charge in [-0.1, -0.05) is 30.3 Å². The maximum Gasteiger partial charge on any atom is 0.314 e. The molecular formula is C22H23NO5. The minimum absolute atomic E-state index is 0.0349. The summed E-state index contributed by atoms with van der Waals surface area (Å²) in [5, 5.41) is 0. The van der Waals surface area contributed by atoms with Crippen molar-refractivity contribution in [3.8, 4) is 11.5 Å². The summed E-state index contributed by atoms with van der Waals surface area (Å²) in [6.45, 7) is 2.39. The number of carbonyl (C=O) groups excluding carboxylic acids is 2. The Morgan fingerprint density at radius 3 is 2.61 bits per heavy atom. The van der Waals surface area contributed by atoms with Crippen molar-refractivity contribution in [3.63, 3.8) is 0 Å². The predicted octanol–water partition coefficient (Wildman–Crippen LogP) is 2.76. The lowest BCUT2D eigenvalue weighted by Gasteiger charge is -2.23. The summed E-state index contributed by atoms with van der Waals surface area (Å²) in [4.78, 5) is 27.4. The second kappa shape index (κ2) is 7.54. The molecule has 146 valence electrons. The van der Waals surface area contributed by atoms with E-state index in [-0.39, 0.29) is 24.3 Å². The molecule has 0 N–H and O–H groups in total. The first-order valence-corrected chi connectivity index (χ1v) is 9.47.